The van der Waals surface area contributed by atoms with Crippen LogP contribution in [0.5, 0.6) is 0 Å². The van der Waals surface area contributed by atoms with Gasteiger partial charge in [0.2, 0.25) is 5.91 Å². The predicted octanol–water partition coefficient (Wildman–Crippen LogP) is 1.04. The topological polar surface area (TPSA) is 72.5 Å². The summed E-state index contributed by atoms with van der Waals surface area (Å²) in [6.45, 7) is 4.09. The number of carboxylic acids is 1. The quantitative estimate of drug-likeness (QED) is 0.879. The van der Waals surface area contributed by atoms with Crippen molar-refractivity contribution in [2.75, 3.05) is 25.0 Å². The lowest BCUT2D eigenvalue weighted by Crippen LogP contribution is -2.37. The highest BCUT2D eigenvalue weighted by Gasteiger charge is 2.16. The summed E-state index contributed by atoms with van der Waals surface area (Å²) in [7, 11) is 0. The van der Waals surface area contributed by atoms with Gasteiger partial charge in [0, 0.05) is 5.56 Å². The number of piperidine rings is 1. The van der Waals surface area contributed by atoms with Gasteiger partial charge in [0.25, 0.3) is 0 Å². The first-order valence-electron chi connectivity index (χ1n) is 7.47. The van der Waals surface area contributed by atoms with Gasteiger partial charge in [0.1, 0.15) is 0 Å². The number of hydrogen-bond donors (Lipinski definition) is 1. The first kappa shape index (κ1) is 15.5. The molecule has 1 aliphatic rings. The molecule has 1 aliphatic heterocycles. The third kappa shape index (κ3) is 4.04. The van der Waals surface area contributed by atoms with Crippen LogP contribution >= 0.6 is 0 Å². The number of amides is 1. The Labute approximate surface area is 125 Å². The second-order valence-corrected chi connectivity index (χ2v) is 5.37. The number of likely N-dealkylation sites (tertiary alicyclic amines) is 1. The molecule has 1 heterocycles. The van der Waals surface area contributed by atoms with Gasteiger partial charge in [-0.1, -0.05) is 31.5 Å². The largest absolute Gasteiger partial charge is 0.545 e. The Morgan fingerprint density at radius 2 is 1.95 bits per heavy atom. The van der Waals surface area contributed by atoms with Gasteiger partial charge in [0.15, 0.2) is 0 Å². The van der Waals surface area contributed by atoms with Crippen molar-refractivity contribution < 1.29 is 14.7 Å². The van der Waals surface area contributed by atoms with Crippen LogP contribution in [-0.4, -0.2) is 36.4 Å². The van der Waals surface area contributed by atoms with E-state index in [0.717, 1.165) is 31.5 Å². The van der Waals surface area contributed by atoms with Crippen LogP contribution in [0.1, 0.15) is 42.1 Å². The molecular formula is C16H21N2O3-. The highest BCUT2D eigenvalue weighted by molar-refractivity contribution is 6.01. The number of para-hydroxylation sites is 1. The Hall–Kier alpha value is -1.88. The molecule has 2 rings (SSSR count). The smallest absolute Gasteiger partial charge is 0.238 e. The molecule has 0 saturated carbocycles. The standard InChI is InChI=1S/C16H22N2O3/c1-2-12-7-6-8-13(16(20)21)15(12)17-14(19)11-18-9-4-3-5-10-18/h6-8H,2-5,9-11H2,1H3,(H,17,19)(H,20,21)/p-1. The van der Waals surface area contributed by atoms with Crippen molar-refractivity contribution in [1.29, 1.82) is 0 Å². The fourth-order valence-corrected chi connectivity index (χ4v) is 2.71. The van der Waals surface area contributed by atoms with E-state index < -0.39 is 5.97 Å². The van der Waals surface area contributed by atoms with E-state index in [2.05, 4.69) is 10.2 Å². The van der Waals surface area contributed by atoms with Gasteiger partial charge in [0.05, 0.1) is 18.2 Å². The first-order chi connectivity index (χ1) is 10.1. The van der Waals surface area contributed by atoms with Crippen molar-refractivity contribution in [3.8, 4) is 0 Å². The molecule has 1 N–H and O–H groups in total. The average Bonchev–Trinajstić information content (AvgIpc) is 2.48. The highest BCUT2D eigenvalue weighted by atomic mass is 16.4. The predicted molar refractivity (Wildman–Crippen MR) is 79.1 cm³/mol. The summed E-state index contributed by atoms with van der Waals surface area (Å²) in [6.07, 6.45) is 4.10. The number of carbonyl (C=O) groups excluding carboxylic acids is 2. The molecule has 0 atom stereocenters. The van der Waals surface area contributed by atoms with Gasteiger partial charge in [-0.2, -0.15) is 0 Å². The molecule has 0 aliphatic carbocycles. The molecule has 1 aromatic carbocycles. The van der Waals surface area contributed by atoms with Crippen LogP contribution in [0.2, 0.25) is 0 Å². The lowest BCUT2D eigenvalue weighted by Gasteiger charge is -2.26. The molecular weight excluding hydrogens is 268 g/mol. The molecule has 5 nitrogen and oxygen atoms in total. The Morgan fingerprint density at radius 1 is 1.24 bits per heavy atom. The number of nitrogens with one attached hydrogen (secondary N) is 1. The van der Waals surface area contributed by atoms with E-state index in [0.29, 0.717) is 18.7 Å². The molecule has 0 unspecified atom stereocenters. The summed E-state index contributed by atoms with van der Waals surface area (Å²) in [4.78, 5) is 25.4. The van der Waals surface area contributed by atoms with Crippen molar-refractivity contribution in [3.05, 3.63) is 29.3 Å². The summed E-state index contributed by atoms with van der Waals surface area (Å²) in [5, 5.41) is 13.9. The van der Waals surface area contributed by atoms with E-state index >= 15 is 0 Å². The molecule has 21 heavy (non-hydrogen) atoms. The average molecular weight is 289 g/mol. The number of hydrogen-bond acceptors (Lipinski definition) is 4. The number of aromatic carboxylic acids is 1. The normalized spacial score (nSPS) is 15.7. The second-order valence-electron chi connectivity index (χ2n) is 5.37. The zero-order valence-corrected chi connectivity index (χ0v) is 12.4. The van der Waals surface area contributed by atoms with Gasteiger partial charge in [-0.25, -0.2) is 0 Å². The summed E-state index contributed by atoms with van der Waals surface area (Å²) in [6, 6.07) is 4.96. The maximum atomic E-state index is 12.2. The maximum absolute atomic E-state index is 12.2. The molecule has 1 saturated heterocycles. The van der Waals surface area contributed by atoms with Gasteiger partial charge in [-0.15, -0.1) is 0 Å². The molecule has 0 spiro atoms. The van der Waals surface area contributed by atoms with Crippen molar-refractivity contribution >= 4 is 17.6 Å². The van der Waals surface area contributed by atoms with Gasteiger partial charge in [-0.3, -0.25) is 9.69 Å². The Balaban J connectivity index is 2.10. The molecule has 114 valence electrons. The Bertz CT molecular complexity index is 522. The van der Waals surface area contributed by atoms with Gasteiger partial charge < -0.3 is 15.2 Å². The van der Waals surface area contributed by atoms with Crippen LogP contribution in [-0.2, 0) is 11.2 Å². The molecule has 0 aromatic heterocycles. The lowest BCUT2D eigenvalue weighted by molar-refractivity contribution is -0.254. The summed E-state index contributed by atoms with van der Waals surface area (Å²) >= 11 is 0. The number of carbonyl (C=O) groups is 2. The summed E-state index contributed by atoms with van der Waals surface area (Å²) < 4.78 is 0. The van der Waals surface area contributed by atoms with E-state index in [9.17, 15) is 14.7 Å². The molecule has 1 amide bonds. The Kier molecular flexibility index (Phi) is 5.33. The number of nitrogens with zero attached hydrogens (tertiary/aromatic N) is 1. The van der Waals surface area contributed by atoms with E-state index in [1.807, 2.05) is 13.0 Å². The fourth-order valence-electron chi connectivity index (χ4n) is 2.71. The minimum absolute atomic E-state index is 0.0429. The van der Waals surface area contributed by atoms with Gasteiger partial charge in [-0.05, 0) is 37.9 Å². The van der Waals surface area contributed by atoms with Crippen molar-refractivity contribution in [1.82, 2.24) is 4.90 Å². The van der Waals surface area contributed by atoms with E-state index in [1.165, 1.54) is 12.5 Å². The van der Waals surface area contributed by atoms with Crippen LogP contribution < -0.4 is 10.4 Å². The minimum Gasteiger partial charge on any atom is -0.545 e. The first-order valence-corrected chi connectivity index (χ1v) is 7.47. The van der Waals surface area contributed by atoms with Crippen LogP contribution in [0.4, 0.5) is 5.69 Å². The summed E-state index contributed by atoms with van der Waals surface area (Å²) in [5.74, 6) is -1.43. The number of rotatable bonds is 5. The molecule has 0 bridgehead atoms. The fraction of sp³-hybridized carbons (Fsp3) is 0.500. The molecule has 1 fully saturated rings. The third-order valence-electron chi connectivity index (χ3n) is 3.83. The summed E-state index contributed by atoms with van der Waals surface area (Å²) in [5.41, 5.74) is 1.23. The van der Waals surface area contributed by atoms with Gasteiger partial charge >= 0.3 is 0 Å². The Morgan fingerprint density at radius 3 is 2.57 bits per heavy atom. The van der Waals surface area contributed by atoms with Crippen molar-refractivity contribution in [2.24, 2.45) is 0 Å². The number of aryl methyl sites for hydroxylation is 1. The SMILES string of the molecule is CCc1cccc(C(=O)[O-])c1NC(=O)CN1CCCCC1. The minimum atomic E-state index is -1.27. The lowest BCUT2D eigenvalue weighted by atomic mass is 10.0. The third-order valence-corrected chi connectivity index (χ3v) is 3.83. The van der Waals surface area contributed by atoms with E-state index in [4.69, 9.17) is 0 Å². The zero-order valence-electron chi connectivity index (χ0n) is 12.4. The van der Waals surface area contributed by atoms with Crippen molar-refractivity contribution in [2.45, 2.75) is 32.6 Å². The second kappa shape index (κ2) is 7.22. The van der Waals surface area contributed by atoms with Crippen LogP contribution in [0.15, 0.2) is 18.2 Å². The number of benzene rings is 1. The van der Waals surface area contributed by atoms with Crippen LogP contribution in [0.25, 0.3) is 0 Å². The van der Waals surface area contributed by atoms with E-state index in [-0.39, 0.29) is 11.5 Å². The molecule has 0 radical (unpaired) electrons. The maximum Gasteiger partial charge on any atom is 0.238 e. The zero-order chi connectivity index (χ0) is 15.2. The molecule has 1 aromatic rings. The highest BCUT2D eigenvalue weighted by Crippen LogP contribution is 2.21. The number of anilines is 1. The monoisotopic (exact) mass is 289 g/mol. The number of carboxylic acid groups (broad SMARTS) is 1. The van der Waals surface area contributed by atoms with Crippen molar-refractivity contribution in [3.63, 3.8) is 0 Å². The van der Waals surface area contributed by atoms with Crippen LogP contribution in [0, 0.1) is 0 Å². The van der Waals surface area contributed by atoms with E-state index in [1.54, 1.807) is 6.07 Å². The van der Waals surface area contributed by atoms with Crippen LogP contribution in [0.3, 0.4) is 0 Å². The molecule has 5 heteroatoms.